The van der Waals surface area contributed by atoms with Gasteiger partial charge in [0.15, 0.2) is 0 Å². The van der Waals surface area contributed by atoms with Crippen molar-refractivity contribution in [3.8, 4) is 11.3 Å². The minimum Gasteiger partial charge on any atom is -0.368 e. The van der Waals surface area contributed by atoms with Crippen LogP contribution in [0.15, 0.2) is 54.7 Å². The third-order valence-electron chi connectivity index (χ3n) is 6.58. The zero-order chi connectivity index (χ0) is 23.7. The molecule has 2 aliphatic rings. The molecule has 1 amide bonds. The molecule has 5 rings (SSSR count). The average molecular weight is 465 g/mol. The number of rotatable bonds is 7. The summed E-state index contributed by atoms with van der Waals surface area (Å²) in [4.78, 5) is 18.8. The van der Waals surface area contributed by atoms with Crippen LogP contribution in [0.25, 0.3) is 11.3 Å². The van der Waals surface area contributed by atoms with Crippen molar-refractivity contribution < 1.29 is 13.6 Å². The first-order valence-corrected chi connectivity index (χ1v) is 11.3. The first kappa shape index (κ1) is 22.3. The molecular weight excluding hydrogens is 438 g/mol. The van der Waals surface area contributed by atoms with Gasteiger partial charge in [-0.1, -0.05) is 12.1 Å². The second-order valence-electron chi connectivity index (χ2n) is 9.25. The summed E-state index contributed by atoms with van der Waals surface area (Å²) in [5.74, 6) is -0.0273. The van der Waals surface area contributed by atoms with Crippen LogP contribution >= 0.6 is 0 Å². The minimum absolute atomic E-state index is 0.107. The molecule has 176 valence electrons. The van der Waals surface area contributed by atoms with Crippen molar-refractivity contribution in [2.75, 3.05) is 32.0 Å². The van der Waals surface area contributed by atoms with Gasteiger partial charge in [0.1, 0.15) is 17.8 Å². The van der Waals surface area contributed by atoms with Crippen molar-refractivity contribution >= 4 is 11.7 Å². The molecule has 1 saturated carbocycles. The molecule has 1 aliphatic heterocycles. The Morgan fingerprint density at radius 1 is 1.15 bits per heavy atom. The van der Waals surface area contributed by atoms with E-state index in [0.29, 0.717) is 23.6 Å². The van der Waals surface area contributed by atoms with Crippen LogP contribution in [0.1, 0.15) is 28.9 Å². The lowest BCUT2D eigenvalue weighted by molar-refractivity contribution is 0.0857. The second kappa shape index (κ2) is 9.06. The molecule has 2 N–H and O–H groups in total. The van der Waals surface area contributed by atoms with Crippen molar-refractivity contribution in [2.45, 2.75) is 30.5 Å². The van der Waals surface area contributed by atoms with E-state index < -0.39 is 17.4 Å². The van der Waals surface area contributed by atoms with E-state index >= 15 is 0 Å². The lowest BCUT2D eigenvalue weighted by Gasteiger charge is -2.44. The number of carbonyl (C=O) groups is 1. The van der Waals surface area contributed by atoms with E-state index in [2.05, 4.69) is 30.7 Å². The molecule has 1 aromatic carbocycles. The van der Waals surface area contributed by atoms with E-state index in [4.69, 9.17) is 0 Å². The number of likely N-dealkylation sites (N-methyl/N-ethyl adjacent to an activating group) is 1. The third kappa shape index (κ3) is 4.48. The Morgan fingerprint density at radius 2 is 1.97 bits per heavy atom. The van der Waals surface area contributed by atoms with Crippen LogP contribution in [-0.4, -0.2) is 64.9 Å². The van der Waals surface area contributed by atoms with Crippen molar-refractivity contribution in [1.82, 2.24) is 25.4 Å². The molecule has 9 heteroatoms. The number of aromatic nitrogens is 3. The summed E-state index contributed by atoms with van der Waals surface area (Å²) in [6.07, 6.45) is 0.988. The van der Waals surface area contributed by atoms with Crippen molar-refractivity contribution in [3.05, 3.63) is 71.8 Å². The fourth-order valence-electron chi connectivity index (χ4n) is 4.70. The van der Waals surface area contributed by atoms with Crippen LogP contribution in [-0.2, 0) is 5.41 Å². The third-order valence-corrected chi connectivity index (χ3v) is 6.58. The van der Waals surface area contributed by atoms with Crippen LogP contribution in [0.2, 0.25) is 0 Å². The molecule has 0 atom stereocenters. The number of halogens is 2. The fraction of sp³-hybridized carbons (Fsp3) is 0.360. The number of likely N-dealkylation sites (tertiary alicyclic amines) is 1. The number of amides is 1. The maximum Gasteiger partial charge on any atom is 0.251 e. The quantitative estimate of drug-likeness (QED) is 0.559. The number of benzene rings is 1. The Bertz CT molecular complexity index is 1180. The molecule has 34 heavy (non-hydrogen) atoms. The van der Waals surface area contributed by atoms with Crippen LogP contribution in [0.3, 0.4) is 0 Å². The van der Waals surface area contributed by atoms with E-state index in [1.165, 1.54) is 18.3 Å². The Balaban J connectivity index is 1.25. The van der Waals surface area contributed by atoms with Gasteiger partial charge in [0.05, 0.1) is 17.4 Å². The standard InChI is InChI=1S/C25H26F2N6O/c1-33-13-19(14-33)30-24(34)17-5-2-4-16(10-17)21-7-8-22(32-31-21)29-15-25(11-18(26)12-25)23-20(27)6-3-9-28-23/h2-10,18-19H,11-15H2,1H3,(H,29,32)(H,30,34). The Hall–Kier alpha value is -3.46. The molecule has 7 nitrogen and oxygen atoms in total. The lowest BCUT2D eigenvalue weighted by atomic mass is 9.65. The van der Waals surface area contributed by atoms with Gasteiger partial charge in [0.25, 0.3) is 5.91 Å². The fourth-order valence-corrected chi connectivity index (χ4v) is 4.70. The molecule has 0 unspecified atom stereocenters. The minimum atomic E-state index is -0.966. The van der Waals surface area contributed by atoms with Crippen LogP contribution in [0.5, 0.6) is 0 Å². The van der Waals surface area contributed by atoms with Crippen LogP contribution < -0.4 is 10.6 Å². The Labute approximate surface area is 196 Å². The van der Waals surface area contributed by atoms with Crippen LogP contribution in [0.4, 0.5) is 14.6 Å². The number of anilines is 1. The smallest absolute Gasteiger partial charge is 0.251 e. The lowest BCUT2D eigenvalue weighted by Crippen LogP contribution is -2.57. The number of hydrogen-bond donors (Lipinski definition) is 2. The molecule has 3 heterocycles. The molecular formula is C25H26F2N6O. The first-order chi connectivity index (χ1) is 16.4. The highest BCUT2D eigenvalue weighted by molar-refractivity contribution is 5.95. The van der Waals surface area contributed by atoms with Gasteiger partial charge in [-0.25, -0.2) is 8.78 Å². The topological polar surface area (TPSA) is 83.0 Å². The first-order valence-electron chi connectivity index (χ1n) is 11.3. The van der Waals surface area contributed by atoms with E-state index in [9.17, 15) is 13.6 Å². The van der Waals surface area contributed by atoms with Crippen molar-refractivity contribution in [3.63, 3.8) is 0 Å². The van der Waals surface area contributed by atoms with Gasteiger partial charge in [0.2, 0.25) is 0 Å². The van der Waals surface area contributed by atoms with Gasteiger partial charge in [-0.05, 0) is 56.3 Å². The number of hydrogen-bond acceptors (Lipinski definition) is 6. The number of carbonyl (C=O) groups excluding carboxylic acids is 1. The Morgan fingerprint density at radius 3 is 2.65 bits per heavy atom. The molecule has 2 fully saturated rings. The Kier molecular flexibility index (Phi) is 5.95. The molecule has 0 radical (unpaired) electrons. The molecule has 0 spiro atoms. The van der Waals surface area contributed by atoms with Crippen molar-refractivity contribution in [2.24, 2.45) is 0 Å². The summed E-state index contributed by atoms with van der Waals surface area (Å²) in [5.41, 5.74) is 1.55. The summed E-state index contributed by atoms with van der Waals surface area (Å²) in [6.45, 7) is 2.01. The normalized spacial score (nSPS) is 22.5. The maximum atomic E-state index is 14.3. The van der Waals surface area contributed by atoms with Gasteiger partial charge in [-0.15, -0.1) is 10.2 Å². The van der Waals surface area contributed by atoms with Gasteiger partial charge >= 0.3 is 0 Å². The number of nitrogens with one attached hydrogen (secondary N) is 2. The summed E-state index contributed by atoms with van der Waals surface area (Å²) < 4.78 is 28.1. The summed E-state index contributed by atoms with van der Waals surface area (Å²) in [5, 5.41) is 14.7. The second-order valence-corrected chi connectivity index (χ2v) is 9.25. The monoisotopic (exact) mass is 464 g/mol. The van der Waals surface area contributed by atoms with Crippen LogP contribution in [0, 0.1) is 5.82 Å². The number of nitrogens with zero attached hydrogens (tertiary/aromatic N) is 4. The molecule has 1 aliphatic carbocycles. The summed E-state index contributed by atoms with van der Waals surface area (Å²) in [6, 6.07) is 13.9. The number of alkyl halides is 1. The van der Waals surface area contributed by atoms with Gasteiger partial charge in [0, 0.05) is 42.4 Å². The summed E-state index contributed by atoms with van der Waals surface area (Å²) >= 11 is 0. The predicted octanol–water partition coefficient (Wildman–Crippen LogP) is 3.20. The van der Waals surface area contributed by atoms with E-state index in [1.807, 2.05) is 19.2 Å². The summed E-state index contributed by atoms with van der Waals surface area (Å²) in [7, 11) is 2.01. The average Bonchev–Trinajstić information content (AvgIpc) is 2.81. The van der Waals surface area contributed by atoms with Crippen molar-refractivity contribution in [1.29, 1.82) is 0 Å². The SMILES string of the molecule is CN1CC(NC(=O)c2cccc(-c3ccc(NCC4(c5ncccc5F)CC(F)C4)nn3)c2)C1. The largest absolute Gasteiger partial charge is 0.368 e. The molecule has 0 bridgehead atoms. The number of pyridine rings is 1. The van der Waals surface area contributed by atoms with E-state index in [-0.39, 0.29) is 30.5 Å². The van der Waals surface area contributed by atoms with E-state index in [0.717, 1.165) is 18.7 Å². The predicted molar refractivity (Wildman–Crippen MR) is 125 cm³/mol. The van der Waals surface area contributed by atoms with Gasteiger partial charge in [-0.2, -0.15) is 0 Å². The van der Waals surface area contributed by atoms with Gasteiger partial charge in [-0.3, -0.25) is 9.78 Å². The van der Waals surface area contributed by atoms with Gasteiger partial charge < -0.3 is 15.5 Å². The highest BCUT2D eigenvalue weighted by Gasteiger charge is 2.48. The highest BCUT2D eigenvalue weighted by atomic mass is 19.1. The maximum absolute atomic E-state index is 14.3. The molecule has 1 saturated heterocycles. The highest BCUT2D eigenvalue weighted by Crippen LogP contribution is 2.45. The molecule has 2 aromatic heterocycles. The zero-order valence-corrected chi connectivity index (χ0v) is 18.8. The molecule has 3 aromatic rings. The zero-order valence-electron chi connectivity index (χ0n) is 18.8. The van der Waals surface area contributed by atoms with E-state index in [1.54, 1.807) is 24.3 Å².